The van der Waals surface area contributed by atoms with E-state index in [1.54, 1.807) is 24.3 Å². The van der Waals surface area contributed by atoms with E-state index in [4.69, 9.17) is 19.7 Å². The van der Waals surface area contributed by atoms with Crippen LogP contribution in [0.5, 0.6) is 5.75 Å². The van der Waals surface area contributed by atoms with E-state index in [1.807, 2.05) is 41.5 Å². The van der Waals surface area contributed by atoms with Gasteiger partial charge in [0.15, 0.2) is 0 Å². The van der Waals surface area contributed by atoms with E-state index < -0.39 is 17.5 Å². The van der Waals surface area contributed by atoms with Crippen LogP contribution in [0.2, 0.25) is 0 Å². The smallest absolute Gasteiger partial charge is 0.348 e. The summed E-state index contributed by atoms with van der Waals surface area (Å²) in [5.41, 5.74) is -1.78. The van der Waals surface area contributed by atoms with E-state index in [9.17, 15) is 9.59 Å². The van der Waals surface area contributed by atoms with Crippen molar-refractivity contribution in [1.82, 2.24) is 0 Å². The third kappa shape index (κ3) is 7.97. The molecule has 24 heavy (non-hydrogen) atoms. The molecule has 0 spiro atoms. The SMILES string of the molecule is CC.CC.CC.COc1cccc(CC(OC)(C(=O)O)C(=O)O)c1. The predicted molar refractivity (Wildman–Crippen MR) is 95.8 cm³/mol. The largest absolute Gasteiger partial charge is 0.497 e. The van der Waals surface area contributed by atoms with Crippen molar-refractivity contribution >= 4 is 11.9 Å². The van der Waals surface area contributed by atoms with Crippen molar-refractivity contribution in [2.24, 2.45) is 0 Å². The number of benzene rings is 1. The van der Waals surface area contributed by atoms with E-state index in [0.717, 1.165) is 7.11 Å². The summed E-state index contributed by atoms with van der Waals surface area (Å²) >= 11 is 0. The second-order valence-corrected chi connectivity index (χ2v) is 3.67. The molecule has 6 nitrogen and oxygen atoms in total. The molecule has 1 aromatic carbocycles. The number of rotatable bonds is 6. The van der Waals surface area contributed by atoms with Crippen LogP contribution in [0.15, 0.2) is 24.3 Å². The summed E-state index contributed by atoms with van der Waals surface area (Å²) in [4.78, 5) is 22.2. The number of hydrogen-bond acceptors (Lipinski definition) is 4. The van der Waals surface area contributed by atoms with Crippen LogP contribution in [-0.2, 0) is 20.7 Å². The average Bonchev–Trinajstić information content (AvgIpc) is 2.64. The topological polar surface area (TPSA) is 93.1 Å². The monoisotopic (exact) mass is 344 g/mol. The third-order valence-electron chi connectivity index (χ3n) is 2.63. The Labute approximate surface area is 145 Å². The van der Waals surface area contributed by atoms with E-state index >= 15 is 0 Å². The van der Waals surface area contributed by atoms with Gasteiger partial charge in [0.2, 0.25) is 0 Å². The van der Waals surface area contributed by atoms with Gasteiger partial charge >= 0.3 is 11.9 Å². The standard InChI is InChI=1S/C12H14O6.3C2H6/c1-17-9-5-3-4-8(6-9)7-12(18-2,10(13)14)11(15)16;3*1-2/h3-6H,7H2,1-2H3,(H,13,14)(H,15,16);3*1-2H3. The molecule has 0 saturated carbocycles. The van der Waals surface area contributed by atoms with Crippen LogP contribution in [0.25, 0.3) is 0 Å². The molecular formula is C18H32O6. The van der Waals surface area contributed by atoms with E-state index in [0.29, 0.717) is 11.3 Å². The normalized spacial score (nSPS) is 9.00. The Kier molecular flexibility index (Phi) is 17.6. The zero-order chi connectivity index (χ0) is 19.8. The molecule has 0 aliphatic heterocycles. The molecule has 0 aliphatic carbocycles. The minimum absolute atomic E-state index is 0.286. The second-order valence-electron chi connectivity index (χ2n) is 3.67. The first-order chi connectivity index (χ1) is 11.5. The first kappa shape index (κ1) is 26.8. The molecule has 140 valence electrons. The van der Waals surface area contributed by atoms with Crippen LogP contribution < -0.4 is 4.74 Å². The maximum absolute atomic E-state index is 11.1. The minimum atomic E-state index is -2.29. The van der Waals surface area contributed by atoms with Crippen LogP contribution in [0.3, 0.4) is 0 Å². The number of hydrogen-bond donors (Lipinski definition) is 2. The van der Waals surface area contributed by atoms with Gasteiger partial charge in [-0.2, -0.15) is 0 Å². The maximum atomic E-state index is 11.1. The quantitative estimate of drug-likeness (QED) is 0.761. The van der Waals surface area contributed by atoms with Gasteiger partial charge in [0.05, 0.1) is 7.11 Å². The number of carboxylic acid groups (broad SMARTS) is 2. The molecular weight excluding hydrogens is 312 g/mol. The fourth-order valence-corrected chi connectivity index (χ4v) is 1.56. The van der Waals surface area contributed by atoms with Crippen LogP contribution in [0.1, 0.15) is 47.1 Å². The van der Waals surface area contributed by atoms with Crippen LogP contribution >= 0.6 is 0 Å². The molecule has 0 radical (unpaired) electrons. The molecule has 6 heteroatoms. The lowest BCUT2D eigenvalue weighted by Crippen LogP contribution is -2.50. The molecule has 1 rings (SSSR count). The lowest BCUT2D eigenvalue weighted by atomic mass is 9.94. The van der Waals surface area contributed by atoms with Crippen LogP contribution in [0, 0.1) is 0 Å². The van der Waals surface area contributed by atoms with Crippen molar-refractivity contribution in [1.29, 1.82) is 0 Å². The molecule has 0 aliphatic rings. The van der Waals surface area contributed by atoms with Gasteiger partial charge in [-0.15, -0.1) is 0 Å². The Morgan fingerprint density at radius 3 is 1.75 bits per heavy atom. The molecule has 0 bridgehead atoms. The van der Waals surface area contributed by atoms with E-state index in [1.165, 1.54) is 7.11 Å². The van der Waals surface area contributed by atoms with Crippen molar-refractivity contribution in [2.75, 3.05) is 14.2 Å². The molecule has 1 aromatic rings. The number of carboxylic acids is 2. The Bertz CT molecular complexity index is 443. The number of aliphatic carboxylic acids is 2. The van der Waals surface area contributed by atoms with Crippen molar-refractivity contribution < 1.29 is 29.3 Å². The highest BCUT2D eigenvalue weighted by Crippen LogP contribution is 2.21. The minimum Gasteiger partial charge on any atom is -0.497 e. The Morgan fingerprint density at radius 2 is 1.42 bits per heavy atom. The summed E-state index contributed by atoms with van der Waals surface area (Å²) < 4.78 is 9.69. The van der Waals surface area contributed by atoms with Crippen LogP contribution in [-0.4, -0.2) is 42.0 Å². The first-order valence-electron chi connectivity index (χ1n) is 8.11. The van der Waals surface area contributed by atoms with Gasteiger partial charge in [-0.1, -0.05) is 53.7 Å². The van der Waals surface area contributed by atoms with Crippen LogP contribution in [0.4, 0.5) is 0 Å². The molecule has 0 unspecified atom stereocenters. The number of ether oxygens (including phenoxy) is 2. The number of methoxy groups -OCH3 is 2. The lowest BCUT2D eigenvalue weighted by molar-refractivity contribution is -0.179. The molecule has 0 aromatic heterocycles. The van der Waals surface area contributed by atoms with E-state index in [2.05, 4.69) is 0 Å². The fourth-order valence-electron chi connectivity index (χ4n) is 1.56. The number of carbonyl (C=O) groups is 2. The zero-order valence-corrected chi connectivity index (χ0v) is 16.0. The van der Waals surface area contributed by atoms with Crippen molar-refractivity contribution in [3.63, 3.8) is 0 Å². The van der Waals surface area contributed by atoms with Crippen molar-refractivity contribution in [2.45, 2.75) is 53.6 Å². The lowest BCUT2D eigenvalue weighted by Gasteiger charge is -2.23. The summed E-state index contributed by atoms with van der Waals surface area (Å²) in [7, 11) is 2.53. The van der Waals surface area contributed by atoms with Gasteiger partial charge in [-0.05, 0) is 17.7 Å². The average molecular weight is 344 g/mol. The third-order valence-corrected chi connectivity index (χ3v) is 2.63. The maximum Gasteiger partial charge on any atom is 0.348 e. The van der Waals surface area contributed by atoms with Gasteiger partial charge in [0.1, 0.15) is 5.75 Å². The molecule has 0 amide bonds. The summed E-state index contributed by atoms with van der Waals surface area (Å²) in [5, 5.41) is 18.1. The summed E-state index contributed by atoms with van der Waals surface area (Å²) in [6, 6.07) is 6.51. The highest BCUT2D eigenvalue weighted by atomic mass is 16.5. The summed E-state index contributed by atoms with van der Waals surface area (Å²) in [6.45, 7) is 12.0. The fraction of sp³-hybridized carbons (Fsp3) is 0.556. The molecule has 0 heterocycles. The van der Waals surface area contributed by atoms with Crippen molar-refractivity contribution in [3.8, 4) is 5.75 Å². The van der Waals surface area contributed by atoms with Gasteiger partial charge < -0.3 is 19.7 Å². The zero-order valence-electron chi connectivity index (χ0n) is 16.0. The van der Waals surface area contributed by atoms with Gasteiger partial charge in [-0.25, -0.2) is 9.59 Å². The molecule has 0 saturated heterocycles. The highest BCUT2D eigenvalue weighted by Gasteiger charge is 2.47. The van der Waals surface area contributed by atoms with Gasteiger partial charge in [0, 0.05) is 13.5 Å². The second kappa shape index (κ2) is 15.8. The summed E-state index contributed by atoms with van der Waals surface area (Å²) in [5.74, 6) is -2.56. The Balaban J connectivity index is -0.000000659. The Hall–Kier alpha value is -2.08. The van der Waals surface area contributed by atoms with Crippen molar-refractivity contribution in [3.05, 3.63) is 29.8 Å². The molecule has 0 atom stereocenters. The van der Waals surface area contributed by atoms with Gasteiger partial charge in [-0.3, -0.25) is 0 Å². The van der Waals surface area contributed by atoms with Gasteiger partial charge in [0.25, 0.3) is 5.60 Å². The Morgan fingerprint density at radius 1 is 0.958 bits per heavy atom. The molecule has 2 N–H and O–H groups in total. The van der Waals surface area contributed by atoms with E-state index in [-0.39, 0.29) is 6.42 Å². The first-order valence-corrected chi connectivity index (χ1v) is 8.11. The predicted octanol–water partition coefficient (Wildman–Crippen LogP) is 3.87. The summed E-state index contributed by atoms with van der Waals surface area (Å²) in [6.07, 6.45) is -0.286. The highest BCUT2D eigenvalue weighted by molar-refractivity contribution is 6.02. The molecule has 0 fully saturated rings.